The zero-order chi connectivity index (χ0) is 21.7. The van der Waals surface area contributed by atoms with Crippen molar-refractivity contribution in [3.8, 4) is 11.5 Å². The second-order valence-corrected chi connectivity index (χ2v) is 6.25. The predicted octanol–water partition coefficient (Wildman–Crippen LogP) is 3.06. The van der Waals surface area contributed by atoms with Crippen LogP contribution in [0.5, 0.6) is 0 Å². The minimum atomic E-state index is -4.73. The van der Waals surface area contributed by atoms with Gasteiger partial charge in [0.2, 0.25) is 11.8 Å². The Morgan fingerprint density at radius 2 is 1.93 bits per heavy atom. The van der Waals surface area contributed by atoms with Crippen LogP contribution in [0.2, 0.25) is 0 Å². The van der Waals surface area contributed by atoms with E-state index in [0.29, 0.717) is 5.56 Å². The first-order valence-corrected chi connectivity index (χ1v) is 8.78. The summed E-state index contributed by atoms with van der Waals surface area (Å²) in [6.07, 6.45) is -4.64. The number of hydrogen-bond donors (Lipinski definition) is 2. The number of carbonyl (C=O) groups excluding carboxylic acids is 1. The van der Waals surface area contributed by atoms with Crippen molar-refractivity contribution in [1.29, 1.82) is 0 Å². The Balaban J connectivity index is 1.42. The van der Waals surface area contributed by atoms with E-state index in [1.54, 1.807) is 0 Å². The predicted molar refractivity (Wildman–Crippen MR) is 92.1 cm³/mol. The van der Waals surface area contributed by atoms with Crippen molar-refractivity contribution in [2.24, 2.45) is 0 Å². The number of hydrogen-bond acceptors (Lipinski definition) is 7. The van der Waals surface area contributed by atoms with Crippen LogP contribution in [0, 0.1) is 5.82 Å². The third-order valence-electron chi connectivity index (χ3n) is 3.98. The van der Waals surface area contributed by atoms with E-state index in [1.165, 1.54) is 30.5 Å². The summed E-state index contributed by atoms with van der Waals surface area (Å²) >= 11 is 0. The van der Waals surface area contributed by atoms with Gasteiger partial charge < -0.3 is 19.4 Å². The Kier molecular flexibility index (Phi) is 6.45. The summed E-state index contributed by atoms with van der Waals surface area (Å²) in [7, 11) is 0. The van der Waals surface area contributed by atoms with Crippen molar-refractivity contribution in [1.82, 2.24) is 20.4 Å². The number of alkyl halides is 3. The molecule has 0 spiro atoms. The second-order valence-electron chi connectivity index (χ2n) is 6.25. The third-order valence-corrected chi connectivity index (χ3v) is 3.98. The van der Waals surface area contributed by atoms with Crippen molar-refractivity contribution in [3.05, 3.63) is 53.8 Å². The molecule has 1 atom stereocenters. The molecule has 0 fully saturated rings. The van der Waals surface area contributed by atoms with E-state index in [0.717, 1.165) is 0 Å². The van der Waals surface area contributed by atoms with Crippen LogP contribution in [0.15, 0.2) is 39.5 Å². The van der Waals surface area contributed by atoms with E-state index in [2.05, 4.69) is 25.0 Å². The molecule has 0 aliphatic rings. The first-order valence-electron chi connectivity index (χ1n) is 8.78. The zero-order valence-electron chi connectivity index (χ0n) is 15.3. The molecule has 8 nitrogen and oxygen atoms in total. The van der Waals surface area contributed by atoms with Crippen LogP contribution >= 0.6 is 0 Å². The summed E-state index contributed by atoms with van der Waals surface area (Å²) in [6.45, 7) is 0.0960. The fourth-order valence-corrected chi connectivity index (χ4v) is 2.44. The molecule has 1 unspecified atom stereocenters. The van der Waals surface area contributed by atoms with Gasteiger partial charge in [0.1, 0.15) is 23.9 Å². The molecular formula is C18H16F4N4O4. The number of aliphatic hydroxyl groups is 1. The largest absolute Gasteiger partial charge is 0.471 e. The molecule has 3 aromatic rings. The van der Waals surface area contributed by atoms with E-state index in [4.69, 9.17) is 4.42 Å². The summed E-state index contributed by atoms with van der Waals surface area (Å²) in [4.78, 5) is 19.1. The summed E-state index contributed by atoms with van der Waals surface area (Å²) in [5.41, 5.74) is 0.786. The highest BCUT2D eigenvalue weighted by Crippen LogP contribution is 2.27. The molecule has 2 N–H and O–H groups in total. The Morgan fingerprint density at radius 1 is 1.20 bits per heavy atom. The monoisotopic (exact) mass is 428 g/mol. The van der Waals surface area contributed by atoms with Crippen molar-refractivity contribution < 1.29 is 36.4 Å². The number of nitrogens with zero attached hydrogens (tertiary/aromatic N) is 3. The van der Waals surface area contributed by atoms with Gasteiger partial charge in [-0.15, -0.1) is 0 Å². The number of rotatable bonds is 8. The molecule has 1 amide bonds. The van der Waals surface area contributed by atoms with Crippen LogP contribution in [0.3, 0.4) is 0 Å². The topological polar surface area (TPSA) is 114 Å². The summed E-state index contributed by atoms with van der Waals surface area (Å²) in [5.74, 6) is -2.33. The van der Waals surface area contributed by atoms with Gasteiger partial charge in [-0.1, -0.05) is 5.16 Å². The van der Waals surface area contributed by atoms with Crippen LogP contribution in [0.1, 0.15) is 36.4 Å². The van der Waals surface area contributed by atoms with Gasteiger partial charge >= 0.3 is 12.1 Å². The molecule has 0 bridgehead atoms. The molecular weight excluding hydrogens is 412 g/mol. The van der Waals surface area contributed by atoms with Crippen LogP contribution in [-0.4, -0.2) is 32.7 Å². The van der Waals surface area contributed by atoms with Gasteiger partial charge in [0, 0.05) is 24.9 Å². The molecule has 0 aliphatic carbocycles. The SMILES string of the molecule is O=C(CCc1noc(C(F)(F)F)n1)NCCC(O)c1coc(-c2ccc(F)cc2)n1. The lowest BCUT2D eigenvalue weighted by Crippen LogP contribution is -2.26. The van der Waals surface area contributed by atoms with Crippen LogP contribution in [0.4, 0.5) is 17.6 Å². The van der Waals surface area contributed by atoms with Crippen LogP contribution < -0.4 is 5.32 Å². The van der Waals surface area contributed by atoms with Gasteiger partial charge in [-0.2, -0.15) is 18.2 Å². The second kappa shape index (κ2) is 9.03. The van der Waals surface area contributed by atoms with E-state index in [1.807, 2.05) is 0 Å². The van der Waals surface area contributed by atoms with E-state index < -0.39 is 29.9 Å². The van der Waals surface area contributed by atoms with Gasteiger partial charge in [0.25, 0.3) is 0 Å². The number of aryl methyl sites for hydroxylation is 1. The maximum absolute atomic E-state index is 13.0. The van der Waals surface area contributed by atoms with Crippen LogP contribution in [0.25, 0.3) is 11.5 Å². The normalized spacial score (nSPS) is 12.7. The Hall–Kier alpha value is -3.28. The number of oxazole rings is 1. The lowest BCUT2D eigenvalue weighted by Gasteiger charge is -2.08. The minimum absolute atomic E-state index is 0.0960. The number of benzene rings is 1. The highest BCUT2D eigenvalue weighted by Gasteiger charge is 2.38. The van der Waals surface area contributed by atoms with Crippen molar-refractivity contribution in [3.63, 3.8) is 0 Å². The van der Waals surface area contributed by atoms with Gasteiger partial charge in [0.15, 0.2) is 5.82 Å². The number of carbonyl (C=O) groups is 1. The first-order chi connectivity index (χ1) is 14.2. The molecule has 30 heavy (non-hydrogen) atoms. The Morgan fingerprint density at radius 3 is 2.60 bits per heavy atom. The van der Waals surface area contributed by atoms with Gasteiger partial charge in [0.05, 0.1) is 0 Å². The molecule has 0 radical (unpaired) electrons. The summed E-state index contributed by atoms with van der Waals surface area (Å²) < 4.78 is 59.4. The molecule has 0 aliphatic heterocycles. The fourth-order valence-electron chi connectivity index (χ4n) is 2.44. The van der Waals surface area contributed by atoms with Gasteiger partial charge in [-0.3, -0.25) is 4.79 Å². The average molecular weight is 428 g/mol. The molecule has 2 aromatic heterocycles. The van der Waals surface area contributed by atoms with Crippen molar-refractivity contribution in [2.45, 2.75) is 31.5 Å². The lowest BCUT2D eigenvalue weighted by molar-refractivity contribution is -0.159. The van der Waals surface area contributed by atoms with Crippen molar-refractivity contribution in [2.75, 3.05) is 6.54 Å². The van der Waals surface area contributed by atoms with E-state index in [9.17, 15) is 27.5 Å². The average Bonchev–Trinajstić information content (AvgIpc) is 3.36. The van der Waals surface area contributed by atoms with Crippen molar-refractivity contribution >= 4 is 5.91 Å². The molecule has 0 saturated heterocycles. The molecule has 1 aromatic carbocycles. The maximum Gasteiger partial charge on any atom is 0.471 e. The molecule has 0 saturated carbocycles. The molecule has 3 rings (SSSR count). The minimum Gasteiger partial charge on any atom is -0.444 e. The number of halogens is 4. The summed E-state index contributed by atoms with van der Waals surface area (Å²) in [5, 5.41) is 15.8. The van der Waals surface area contributed by atoms with E-state index >= 15 is 0 Å². The summed E-state index contributed by atoms with van der Waals surface area (Å²) in [6, 6.07) is 5.48. The highest BCUT2D eigenvalue weighted by molar-refractivity contribution is 5.75. The number of aromatic nitrogens is 3. The number of aliphatic hydroxyl groups excluding tert-OH is 1. The maximum atomic E-state index is 13.0. The first kappa shape index (κ1) is 21.4. The van der Waals surface area contributed by atoms with E-state index in [-0.39, 0.29) is 43.2 Å². The highest BCUT2D eigenvalue weighted by atomic mass is 19.4. The smallest absolute Gasteiger partial charge is 0.444 e. The quantitative estimate of drug-likeness (QED) is 0.530. The molecule has 12 heteroatoms. The number of nitrogens with one attached hydrogen (secondary N) is 1. The molecule has 160 valence electrons. The standard InChI is InChI=1S/C18H16F4N4O4/c19-11-3-1-10(2-4-11)16-24-12(9-29-16)13(27)7-8-23-15(28)6-5-14-25-17(30-26-14)18(20,21)22/h1-4,9,13,27H,5-8H2,(H,23,28). The van der Waals surface area contributed by atoms with Gasteiger partial charge in [-0.05, 0) is 30.7 Å². The van der Waals surface area contributed by atoms with Crippen LogP contribution in [-0.2, 0) is 17.4 Å². The zero-order valence-corrected chi connectivity index (χ0v) is 15.3. The van der Waals surface area contributed by atoms with Gasteiger partial charge in [-0.25, -0.2) is 9.37 Å². The lowest BCUT2D eigenvalue weighted by atomic mass is 10.2. The molecule has 2 heterocycles. The Bertz CT molecular complexity index is 985. The fraction of sp³-hybridized carbons (Fsp3) is 0.333. The third kappa shape index (κ3) is 5.63. The Labute approximate surface area is 166 Å². The number of amides is 1.